The Kier molecular flexibility index (Phi) is 3.33. The van der Waals surface area contributed by atoms with Crippen molar-refractivity contribution in [1.29, 1.82) is 0 Å². The van der Waals surface area contributed by atoms with Crippen molar-refractivity contribution in [3.05, 3.63) is 23.8 Å². The van der Waals surface area contributed by atoms with E-state index >= 15 is 0 Å². The number of amides is 1. The average molecular weight is 234 g/mol. The number of aromatic hydroxyl groups is 1. The predicted molar refractivity (Wildman–Crippen MR) is 67.0 cm³/mol. The van der Waals surface area contributed by atoms with Gasteiger partial charge in [0.25, 0.3) is 0 Å². The molecule has 2 rings (SSSR count). The van der Waals surface area contributed by atoms with Crippen molar-refractivity contribution in [1.82, 2.24) is 5.32 Å². The van der Waals surface area contributed by atoms with Crippen LogP contribution in [-0.2, 0) is 4.79 Å². The standard InChI is InChI=1S/C13H18N2O2/c1-8-3-4-12(16)11(5-8)15-13(17)10-7-14-6-9(10)2/h3-5,9-10,14,16H,6-7H2,1-2H3,(H,15,17)/t9-,10-/m1/s1. The fourth-order valence-electron chi connectivity index (χ4n) is 2.14. The van der Waals surface area contributed by atoms with Gasteiger partial charge in [-0.1, -0.05) is 13.0 Å². The van der Waals surface area contributed by atoms with E-state index in [1.165, 1.54) is 0 Å². The molecule has 1 aromatic rings. The number of aryl methyl sites for hydroxylation is 1. The van der Waals surface area contributed by atoms with Crippen LogP contribution in [0, 0.1) is 18.8 Å². The van der Waals surface area contributed by atoms with Crippen LogP contribution in [-0.4, -0.2) is 24.1 Å². The van der Waals surface area contributed by atoms with Gasteiger partial charge in [0.2, 0.25) is 5.91 Å². The molecule has 1 fully saturated rings. The number of hydrogen-bond donors (Lipinski definition) is 3. The number of nitrogens with one attached hydrogen (secondary N) is 2. The fourth-order valence-corrected chi connectivity index (χ4v) is 2.14. The first-order valence-corrected chi connectivity index (χ1v) is 5.89. The molecular formula is C13H18N2O2. The Morgan fingerprint density at radius 3 is 2.88 bits per heavy atom. The lowest BCUT2D eigenvalue weighted by Crippen LogP contribution is -2.27. The zero-order valence-electron chi connectivity index (χ0n) is 10.2. The summed E-state index contributed by atoms with van der Waals surface area (Å²) in [6.07, 6.45) is 0. The summed E-state index contributed by atoms with van der Waals surface area (Å²) < 4.78 is 0. The maximum Gasteiger partial charge on any atom is 0.229 e. The van der Waals surface area contributed by atoms with Crippen molar-refractivity contribution < 1.29 is 9.90 Å². The monoisotopic (exact) mass is 234 g/mol. The van der Waals surface area contributed by atoms with Gasteiger partial charge in [-0.25, -0.2) is 0 Å². The molecule has 0 bridgehead atoms. The third-order valence-corrected chi connectivity index (χ3v) is 3.26. The highest BCUT2D eigenvalue weighted by Crippen LogP contribution is 2.26. The van der Waals surface area contributed by atoms with Crippen LogP contribution >= 0.6 is 0 Å². The maximum absolute atomic E-state index is 12.0. The van der Waals surface area contributed by atoms with Crippen LogP contribution in [0.2, 0.25) is 0 Å². The topological polar surface area (TPSA) is 61.4 Å². The number of anilines is 1. The number of carbonyl (C=O) groups is 1. The summed E-state index contributed by atoms with van der Waals surface area (Å²) in [5.41, 5.74) is 1.50. The van der Waals surface area contributed by atoms with E-state index in [9.17, 15) is 9.90 Å². The van der Waals surface area contributed by atoms with Gasteiger partial charge >= 0.3 is 0 Å². The van der Waals surface area contributed by atoms with E-state index in [0.717, 1.165) is 12.1 Å². The fraction of sp³-hybridized carbons (Fsp3) is 0.462. The Morgan fingerprint density at radius 1 is 1.47 bits per heavy atom. The van der Waals surface area contributed by atoms with Crippen LogP contribution in [0.1, 0.15) is 12.5 Å². The van der Waals surface area contributed by atoms with Crippen LogP contribution in [0.4, 0.5) is 5.69 Å². The van der Waals surface area contributed by atoms with Crippen LogP contribution in [0.5, 0.6) is 5.75 Å². The van der Waals surface area contributed by atoms with E-state index in [1.807, 2.05) is 13.0 Å². The Hall–Kier alpha value is -1.55. The molecule has 0 aliphatic carbocycles. The van der Waals surface area contributed by atoms with Crippen molar-refractivity contribution in [3.63, 3.8) is 0 Å². The zero-order valence-corrected chi connectivity index (χ0v) is 10.2. The van der Waals surface area contributed by atoms with E-state index < -0.39 is 0 Å². The summed E-state index contributed by atoms with van der Waals surface area (Å²) in [5, 5.41) is 15.6. The van der Waals surface area contributed by atoms with Gasteiger partial charge in [0.1, 0.15) is 5.75 Å². The number of benzene rings is 1. The molecule has 0 saturated carbocycles. The second-order valence-electron chi connectivity index (χ2n) is 4.75. The van der Waals surface area contributed by atoms with E-state index in [0.29, 0.717) is 18.2 Å². The Labute approximate surface area is 101 Å². The summed E-state index contributed by atoms with van der Waals surface area (Å²) in [7, 11) is 0. The van der Waals surface area contributed by atoms with Gasteiger partial charge in [-0.2, -0.15) is 0 Å². The number of phenols is 1. The Balaban J connectivity index is 2.10. The van der Waals surface area contributed by atoms with Crippen LogP contribution in [0.25, 0.3) is 0 Å². The number of carbonyl (C=O) groups excluding carboxylic acids is 1. The van der Waals surface area contributed by atoms with Crippen molar-refractivity contribution in [2.45, 2.75) is 13.8 Å². The van der Waals surface area contributed by atoms with E-state index in [-0.39, 0.29) is 17.6 Å². The molecule has 1 saturated heterocycles. The summed E-state index contributed by atoms with van der Waals surface area (Å²) in [4.78, 5) is 12.0. The SMILES string of the molecule is Cc1ccc(O)c(NC(=O)[C@@H]2CNC[C@H]2C)c1. The lowest BCUT2D eigenvalue weighted by atomic mass is 9.97. The molecule has 1 amide bonds. The quantitative estimate of drug-likeness (QED) is 0.679. The molecule has 1 aliphatic rings. The smallest absolute Gasteiger partial charge is 0.229 e. The number of hydrogen-bond acceptors (Lipinski definition) is 3. The molecule has 3 N–H and O–H groups in total. The third kappa shape index (κ3) is 2.58. The molecule has 1 aromatic carbocycles. The highest BCUT2D eigenvalue weighted by Gasteiger charge is 2.29. The van der Waals surface area contributed by atoms with Crippen molar-refractivity contribution >= 4 is 11.6 Å². The molecule has 4 heteroatoms. The van der Waals surface area contributed by atoms with E-state index in [2.05, 4.69) is 17.6 Å². The van der Waals surface area contributed by atoms with E-state index in [4.69, 9.17) is 0 Å². The molecule has 0 aromatic heterocycles. The van der Waals surface area contributed by atoms with Crippen LogP contribution in [0.15, 0.2) is 18.2 Å². The molecule has 4 nitrogen and oxygen atoms in total. The summed E-state index contributed by atoms with van der Waals surface area (Å²) >= 11 is 0. The highest BCUT2D eigenvalue weighted by molar-refractivity contribution is 5.94. The third-order valence-electron chi connectivity index (χ3n) is 3.26. The lowest BCUT2D eigenvalue weighted by molar-refractivity contribution is -0.120. The first-order chi connectivity index (χ1) is 8.08. The van der Waals surface area contributed by atoms with Crippen molar-refractivity contribution in [3.8, 4) is 5.75 Å². The zero-order chi connectivity index (χ0) is 12.4. The lowest BCUT2D eigenvalue weighted by Gasteiger charge is -2.15. The first kappa shape index (κ1) is 11.9. The normalized spacial score (nSPS) is 23.6. The number of phenolic OH excluding ortho intramolecular Hbond substituents is 1. The molecule has 0 spiro atoms. The van der Waals surface area contributed by atoms with Crippen LogP contribution < -0.4 is 10.6 Å². The number of rotatable bonds is 2. The molecule has 92 valence electrons. The predicted octanol–water partition coefficient (Wildman–Crippen LogP) is 1.49. The van der Waals surface area contributed by atoms with E-state index in [1.54, 1.807) is 12.1 Å². The van der Waals surface area contributed by atoms with Gasteiger partial charge in [-0.05, 0) is 37.1 Å². The van der Waals surface area contributed by atoms with Crippen molar-refractivity contribution in [2.75, 3.05) is 18.4 Å². The average Bonchev–Trinajstić information content (AvgIpc) is 2.70. The minimum Gasteiger partial charge on any atom is -0.506 e. The summed E-state index contributed by atoms with van der Waals surface area (Å²) in [6, 6.07) is 5.19. The molecule has 1 heterocycles. The Morgan fingerprint density at radius 2 is 2.24 bits per heavy atom. The second-order valence-corrected chi connectivity index (χ2v) is 4.75. The largest absolute Gasteiger partial charge is 0.506 e. The molecule has 1 aliphatic heterocycles. The molecular weight excluding hydrogens is 216 g/mol. The van der Waals surface area contributed by atoms with Crippen LogP contribution in [0.3, 0.4) is 0 Å². The van der Waals surface area contributed by atoms with Gasteiger partial charge in [0, 0.05) is 6.54 Å². The molecule has 2 atom stereocenters. The summed E-state index contributed by atoms with van der Waals surface area (Å²) in [6.45, 7) is 5.56. The van der Waals surface area contributed by atoms with Gasteiger partial charge in [0.15, 0.2) is 0 Å². The Bertz CT molecular complexity index is 431. The van der Waals surface area contributed by atoms with Gasteiger partial charge in [-0.3, -0.25) is 4.79 Å². The van der Waals surface area contributed by atoms with Gasteiger partial charge in [0.05, 0.1) is 11.6 Å². The molecule has 17 heavy (non-hydrogen) atoms. The minimum absolute atomic E-state index is 0.0186. The van der Waals surface area contributed by atoms with Gasteiger partial charge in [-0.15, -0.1) is 0 Å². The van der Waals surface area contributed by atoms with Crippen molar-refractivity contribution in [2.24, 2.45) is 11.8 Å². The highest BCUT2D eigenvalue weighted by atomic mass is 16.3. The first-order valence-electron chi connectivity index (χ1n) is 5.89. The second kappa shape index (κ2) is 4.75. The molecule has 0 radical (unpaired) electrons. The maximum atomic E-state index is 12.0. The molecule has 0 unspecified atom stereocenters. The van der Waals surface area contributed by atoms with Gasteiger partial charge < -0.3 is 15.7 Å². The summed E-state index contributed by atoms with van der Waals surface area (Å²) in [5.74, 6) is 0.405. The minimum atomic E-state index is -0.0246.